The SMILES string of the molecule is COCCOc1ccc(CNC(=O)[C@H]2C[C@@H]2C(=O)O)cc1. The summed E-state index contributed by atoms with van der Waals surface area (Å²) in [4.78, 5) is 22.4. The van der Waals surface area contributed by atoms with Crippen LogP contribution >= 0.6 is 0 Å². The molecule has 2 atom stereocenters. The number of nitrogens with one attached hydrogen (secondary N) is 1. The number of rotatable bonds is 8. The molecule has 114 valence electrons. The van der Waals surface area contributed by atoms with Crippen molar-refractivity contribution in [3.05, 3.63) is 29.8 Å². The second kappa shape index (κ2) is 7.08. The average molecular weight is 293 g/mol. The number of ether oxygens (including phenoxy) is 2. The molecular formula is C15H19NO5. The standard InChI is InChI=1S/C15H19NO5/c1-20-6-7-21-11-4-2-10(3-5-11)9-16-14(17)12-8-13(12)15(18)19/h2-5,12-13H,6-9H2,1H3,(H,16,17)(H,18,19)/t12-,13-/m0/s1. The van der Waals surface area contributed by atoms with E-state index in [0.717, 1.165) is 11.3 Å². The Hall–Kier alpha value is -2.08. The van der Waals surface area contributed by atoms with Crippen LogP contribution in [0, 0.1) is 11.8 Å². The molecule has 1 aliphatic carbocycles. The van der Waals surface area contributed by atoms with Gasteiger partial charge in [-0.2, -0.15) is 0 Å². The average Bonchev–Trinajstić information content (AvgIpc) is 3.27. The van der Waals surface area contributed by atoms with Crippen LogP contribution in [0.3, 0.4) is 0 Å². The van der Waals surface area contributed by atoms with Crippen LogP contribution in [0.1, 0.15) is 12.0 Å². The van der Waals surface area contributed by atoms with E-state index in [-0.39, 0.29) is 11.8 Å². The summed E-state index contributed by atoms with van der Waals surface area (Å²) in [7, 11) is 1.61. The number of hydrogen-bond acceptors (Lipinski definition) is 4. The quantitative estimate of drug-likeness (QED) is 0.700. The van der Waals surface area contributed by atoms with Crippen LogP contribution in [-0.2, 0) is 20.9 Å². The molecular weight excluding hydrogens is 274 g/mol. The van der Waals surface area contributed by atoms with Crippen molar-refractivity contribution in [2.24, 2.45) is 11.8 Å². The Labute approximate surface area is 123 Å². The summed E-state index contributed by atoms with van der Waals surface area (Å²) in [5, 5.41) is 11.5. The molecule has 1 amide bonds. The third-order valence-electron chi connectivity index (χ3n) is 3.39. The molecule has 0 heterocycles. The number of amides is 1. The van der Waals surface area contributed by atoms with E-state index >= 15 is 0 Å². The smallest absolute Gasteiger partial charge is 0.307 e. The summed E-state index contributed by atoms with van der Waals surface area (Å²) >= 11 is 0. The van der Waals surface area contributed by atoms with Crippen LogP contribution in [-0.4, -0.2) is 37.3 Å². The molecule has 0 aromatic heterocycles. The van der Waals surface area contributed by atoms with Gasteiger partial charge in [0.2, 0.25) is 5.91 Å². The summed E-state index contributed by atoms with van der Waals surface area (Å²) in [6.07, 6.45) is 0.438. The van der Waals surface area contributed by atoms with Gasteiger partial charge in [-0.25, -0.2) is 0 Å². The number of carbonyl (C=O) groups excluding carboxylic acids is 1. The van der Waals surface area contributed by atoms with Gasteiger partial charge in [-0.3, -0.25) is 9.59 Å². The minimum Gasteiger partial charge on any atom is -0.491 e. The first-order chi connectivity index (χ1) is 10.1. The van der Waals surface area contributed by atoms with Crippen molar-refractivity contribution in [3.8, 4) is 5.75 Å². The molecule has 0 saturated heterocycles. The minimum absolute atomic E-state index is 0.192. The Kier molecular flexibility index (Phi) is 5.16. The lowest BCUT2D eigenvalue weighted by atomic mass is 10.2. The normalized spacial score (nSPS) is 19.9. The number of benzene rings is 1. The highest BCUT2D eigenvalue weighted by atomic mass is 16.5. The highest BCUT2D eigenvalue weighted by Crippen LogP contribution is 2.38. The molecule has 2 N–H and O–H groups in total. The Morgan fingerprint density at radius 2 is 1.95 bits per heavy atom. The fourth-order valence-corrected chi connectivity index (χ4v) is 2.02. The summed E-state index contributed by atoms with van der Waals surface area (Å²) in [6.45, 7) is 1.41. The lowest BCUT2D eigenvalue weighted by Gasteiger charge is -2.07. The van der Waals surface area contributed by atoms with E-state index in [1.54, 1.807) is 7.11 Å². The van der Waals surface area contributed by atoms with Gasteiger partial charge in [0.25, 0.3) is 0 Å². The second-order valence-electron chi connectivity index (χ2n) is 4.99. The van der Waals surface area contributed by atoms with Gasteiger partial charge in [-0.15, -0.1) is 0 Å². The van der Waals surface area contributed by atoms with Crippen LogP contribution in [0.2, 0.25) is 0 Å². The zero-order chi connectivity index (χ0) is 15.2. The fourth-order valence-electron chi connectivity index (χ4n) is 2.02. The van der Waals surface area contributed by atoms with E-state index in [2.05, 4.69) is 5.32 Å². The number of hydrogen-bond donors (Lipinski definition) is 2. The van der Waals surface area contributed by atoms with Gasteiger partial charge >= 0.3 is 5.97 Å². The molecule has 0 radical (unpaired) electrons. The molecule has 1 aromatic rings. The van der Waals surface area contributed by atoms with Crippen molar-refractivity contribution in [3.63, 3.8) is 0 Å². The van der Waals surface area contributed by atoms with E-state index < -0.39 is 11.9 Å². The van der Waals surface area contributed by atoms with Crippen molar-refractivity contribution in [1.29, 1.82) is 0 Å². The van der Waals surface area contributed by atoms with E-state index in [1.807, 2.05) is 24.3 Å². The zero-order valence-electron chi connectivity index (χ0n) is 11.9. The predicted octanol–water partition coefficient (Wildman–Crippen LogP) is 1.05. The number of carbonyl (C=O) groups is 2. The maximum absolute atomic E-state index is 11.7. The minimum atomic E-state index is -0.896. The van der Waals surface area contributed by atoms with E-state index in [4.69, 9.17) is 14.6 Å². The molecule has 21 heavy (non-hydrogen) atoms. The van der Waals surface area contributed by atoms with Crippen LogP contribution < -0.4 is 10.1 Å². The fraction of sp³-hybridized carbons (Fsp3) is 0.467. The Morgan fingerprint density at radius 1 is 1.24 bits per heavy atom. The van der Waals surface area contributed by atoms with Crippen molar-refractivity contribution < 1.29 is 24.2 Å². The van der Waals surface area contributed by atoms with Gasteiger partial charge in [0.1, 0.15) is 12.4 Å². The third-order valence-corrected chi connectivity index (χ3v) is 3.39. The summed E-state index contributed by atoms with van der Waals surface area (Å²) in [5.41, 5.74) is 0.940. The summed E-state index contributed by atoms with van der Waals surface area (Å²) in [6, 6.07) is 7.39. The summed E-state index contributed by atoms with van der Waals surface area (Å²) in [5.74, 6) is -1.23. The lowest BCUT2D eigenvalue weighted by Crippen LogP contribution is -2.25. The number of carboxylic acid groups (broad SMARTS) is 1. The van der Waals surface area contributed by atoms with Gasteiger partial charge < -0.3 is 19.9 Å². The Bertz CT molecular complexity index is 499. The van der Waals surface area contributed by atoms with Gasteiger partial charge in [0, 0.05) is 13.7 Å². The molecule has 0 aliphatic heterocycles. The van der Waals surface area contributed by atoms with Gasteiger partial charge in [0.05, 0.1) is 18.4 Å². The molecule has 1 aromatic carbocycles. The van der Waals surface area contributed by atoms with E-state index in [1.165, 1.54) is 0 Å². The predicted molar refractivity (Wildman–Crippen MR) is 74.9 cm³/mol. The number of carboxylic acids is 1. The lowest BCUT2D eigenvalue weighted by molar-refractivity contribution is -0.140. The largest absolute Gasteiger partial charge is 0.491 e. The highest BCUT2D eigenvalue weighted by molar-refractivity contribution is 5.89. The molecule has 6 heteroatoms. The first-order valence-corrected chi connectivity index (χ1v) is 6.83. The molecule has 0 spiro atoms. The van der Waals surface area contributed by atoms with Gasteiger partial charge in [-0.05, 0) is 24.1 Å². The molecule has 0 unspecified atom stereocenters. The molecule has 6 nitrogen and oxygen atoms in total. The molecule has 0 bridgehead atoms. The van der Waals surface area contributed by atoms with Crippen LogP contribution in [0.4, 0.5) is 0 Å². The van der Waals surface area contributed by atoms with Crippen LogP contribution in [0.15, 0.2) is 24.3 Å². The van der Waals surface area contributed by atoms with Crippen molar-refractivity contribution >= 4 is 11.9 Å². The third kappa shape index (κ3) is 4.46. The van der Waals surface area contributed by atoms with Crippen molar-refractivity contribution in [1.82, 2.24) is 5.32 Å². The topological polar surface area (TPSA) is 84.9 Å². The van der Waals surface area contributed by atoms with Gasteiger partial charge in [0.15, 0.2) is 0 Å². The first-order valence-electron chi connectivity index (χ1n) is 6.83. The summed E-state index contributed by atoms with van der Waals surface area (Å²) < 4.78 is 10.3. The van der Waals surface area contributed by atoms with E-state index in [9.17, 15) is 9.59 Å². The molecule has 1 fully saturated rings. The molecule has 1 aliphatic rings. The Balaban J connectivity index is 1.73. The van der Waals surface area contributed by atoms with Crippen molar-refractivity contribution in [2.45, 2.75) is 13.0 Å². The van der Waals surface area contributed by atoms with Gasteiger partial charge in [-0.1, -0.05) is 12.1 Å². The Morgan fingerprint density at radius 3 is 2.52 bits per heavy atom. The maximum atomic E-state index is 11.7. The molecule has 2 rings (SSSR count). The van der Waals surface area contributed by atoms with Crippen LogP contribution in [0.5, 0.6) is 5.75 Å². The first kappa shape index (κ1) is 15.3. The van der Waals surface area contributed by atoms with Crippen molar-refractivity contribution in [2.75, 3.05) is 20.3 Å². The monoisotopic (exact) mass is 293 g/mol. The highest BCUT2D eigenvalue weighted by Gasteiger charge is 2.48. The van der Waals surface area contributed by atoms with E-state index in [0.29, 0.717) is 26.2 Å². The van der Waals surface area contributed by atoms with Crippen LogP contribution in [0.25, 0.3) is 0 Å². The second-order valence-corrected chi connectivity index (χ2v) is 4.99. The molecule has 1 saturated carbocycles. The number of aliphatic carboxylic acids is 1. The number of methoxy groups -OCH3 is 1. The zero-order valence-corrected chi connectivity index (χ0v) is 11.9. The maximum Gasteiger partial charge on any atom is 0.307 e.